The summed E-state index contributed by atoms with van der Waals surface area (Å²) in [5.74, 6) is 0.367. The normalized spacial score (nSPS) is 14.6. The van der Waals surface area contributed by atoms with Crippen molar-refractivity contribution in [1.82, 2.24) is 10.2 Å². The summed E-state index contributed by atoms with van der Waals surface area (Å²) in [5.41, 5.74) is 2.73. The van der Waals surface area contributed by atoms with E-state index in [0.717, 1.165) is 44.7 Å². The van der Waals surface area contributed by atoms with Crippen molar-refractivity contribution in [3.8, 4) is 5.75 Å². The van der Waals surface area contributed by atoms with E-state index in [0.29, 0.717) is 24.4 Å². The minimum Gasteiger partial charge on any atom is -0.495 e. The van der Waals surface area contributed by atoms with Crippen LogP contribution in [0, 0.1) is 0 Å². The quantitative estimate of drug-likeness (QED) is 0.537. The Bertz CT molecular complexity index is 1020. The van der Waals surface area contributed by atoms with Gasteiger partial charge in [0.1, 0.15) is 5.75 Å². The number of nitrogens with zero attached hydrogens (tertiary/aromatic N) is 2. The van der Waals surface area contributed by atoms with E-state index in [2.05, 4.69) is 22.3 Å². The van der Waals surface area contributed by atoms with E-state index in [1.165, 1.54) is 17.0 Å². The predicted molar refractivity (Wildman–Crippen MR) is 129 cm³/mol. The first-order valence-electron chi connectivity index (χ1n) is 11.1. The maximum absolute atomic E-state index is 12.4. The van der Waals surface area contributed by atoms with Gasteiger partial charge in [-0.3, -0.25) is 14.0 Å². The van der Waals surface area contributed by atoms with Crippen LogP contribution in [-0.4, -0.2) is 65.4 Å². The number of methoxy groups -OCH3 is 1. The first-order valence-corrected chi connectivity index (χ1v) is 13.0. The first-order chi connectivity index (χ1) is 15.9. The third kappa shape index (κ3) is 7.73. The molecule has 0 bridgehead atoms. The molecule has 2 aromatic carbocycles. The molecule has 1 saturated heterocycles. The Kier molecular flexibility index (Phi) is 9.11. The van der Waals surface area contributed by atoms with Gasteiger partial charge in [0.15, 0.2) is 0 Å². The smallest absolute Gasteiger partial charge is 0.232 e. The van der Waals surface area contributed by atoms with Crippen molar-refractivity contribution in [1.29, 1.82) is 0 Å². The monoisotopic (exact) mass is 475 g/mol. The number of hydrogen-bond acceptors (Lipinski definition) is 6. The van der Waals surface area contributed by atoms with Crippen LogP contribution in [0.5, 0.6) is 5.75 Å². The zero-order valence-electron chi connectivity index (χ0n) is 19.3. The van der Waals surface area contributed by atoms with E-state index in [9.17, 15) is 13.2 Å². The van der Waals surface area contributed by atoms with E-state index in [4.69, 9.17) is 9.47 Å². The molecule has 1 aliphatic rings. The lowest BCUT2D eigenvalue weighted by Crippen LogP contribution is -2.35. The Balaban J connectivity index is 1.49. The molecule has 0 aliphatic carbocycles. The fraction of sp³-hybridized carbons (Fsp3) is 0.458. The molecule has 180 valence electrons. The lowest BCUT2D eigenvalue weighted by atomic mass is 10.1. The molecule has 0 radical (unpaired) electrons. The highest BCUT2D eigenvalue weighted by molar-refractivity contribution is 7.92. The first kappa shape index (κ1) is 25.0. The highest BCUT2D eigenvalue weighted by Gasteiger charge is 2.20. The van der Waals surface area contributed by atoms with Crippen LogP contribution in [0.2, 0.25) is 0 Å². The molecule has 9 heteroatoms. The van der Waals surface area contributed by atoms with Gasteiger partial charge in [0, 0.05) is 39.1 Å². The third-order valence-corrected chi connectivity index (χ3v) is 6.69. The molecule has 1 amide bonds. The number of rotatable bonds is 11. The van der Waals surface area contributed by atoms with E-state index in [-0.39, 0.29) is 18.9 Å². The summed E-state index contributed by atoms with van der Waals surface area (Å²) in [5, 5.41) is 2.94. The average molecular weight is 476 g/mol. The van der Waals surface area contributed by atoms with Crippen LogP contribution in [0.3, 0.4) is 0 Å². The van der Waals surface area contributed by atoms with Gasteiger partial charge in [-0.15, -0.1) is 0 Å². The van der Waals surface area contributed by atoms with Crippen molar-refractivity contribution < 1.29 is 22.7 Å². The summed E-state index contributed by atoms with van der Waals surface area (Å²) < 4.78 is 36.6. The largest absolute Gasteiger partial charge is 0.495 e. The number of nitrogens with one attached hydrogen (secondary N) is 1. The number of amides is 1. The minimum atomic E-state index is -3.51. The summed E-state index contributed by atoms with van der Waals surface area (Å²) in [6.45, 7) is 4.91. The summed E-state index contributed by atoms with van der Waals surface area (Å²) in [6.07, 6.45) is 1.78. The van der Waals surface area contributed by atoms with Crippen LogP contribution in [0.15, 0.2) is 48.5 Å². The average Bonchev–Trinajstić information content (AvgIpc) is 2.81. The maximum Gasteiger partial charge on any atom is 0.232 e. The lowest BCUT2D eigenvalue weighted by Gasteiger charge is -2.26. The topological polar surface area (TPSA) is 88.2 Å². The summed E-state index contributed by atoms with van der Waals surface area (Å²) in [7, 11) is -2.01. The van der Waals surface area contributed by atoms with Crippen LogP contribution in [0.4, 0.5) is 5.69 Å². The molecule has 0 saturated carbocycles. The SMILES string of the molecule is COc1ccccc1N(CCCC(=O)NCc1cccc(CN2CCOCC2)c1)S(C)(=O)=O. The Morgan fingerprint density at radius 3 is 2.58 bits per heavy atom. The van der Waals surface area contributed by atoms with E-state index in [1.54, 1.807) is 24.3 Å². The third-order valence-electron chi connectivity index (χ3n) is 5.51. The molecule has 3 rings (SSSR count). The van der Waals surface area contributed by atoms with Gasteiger partial charge in [0.25, 0.3) is 0 Å². The Morgan fingerprint density at radius 1 is 1.12 bits per heavy atom. The van der Waals surface area contributed by atoms with Crippen molar-refractivity contribution in [2.45, 2.75) is 25.9 Å². The molecule has 0 unspecified atom stereocenters. The number of morpholine rings is 1. The number of carbonyl (C=O) groups excluding carboxylic acids is 1. The second-order valence-corrected chi connectivity index (χ2v) is 10.0. The molecule has 0 aromatic heterocycles. The van der Waals surface area contributed by atoms with Gasteiger partial charge in [-0.2, -0.15) is 0 Å². The van der Waals surface area contributed by atoms with Crippen molar-refractivity contribution in [2.75, 3.05) is 50.5 Å². The van der Waals surface area contributed by atoms with Gasteiger partial charge in [0.2, 0.25) is 15.9 Å². The Morgan fingerprint density at radius 2 is 1.85 bits per heavy atom. The number of ether oxygens (including phenoxy) is 2. The van der Waals surface area contributed by atoms with Gasteiger partial charge < -0.3 is 14.8 Å². The number of para-hydroxylation sites is 2. The Labute approximate surface area is 196 Å². The summed E-state index contributed by atoms with van der Waals surface area (Å²) in [4.78, 5) is 14.7. The molecule has 1 heterocycles. The Hall–Kier alpha value is -2.62. The summed E-state index contributed by atoms with van der Waals surface area (Å²) >= 11 is 0. The van der Waals surface area contributed by atoms with Crippen LogP contribution in [0.25, 0.3) is 0 Å². The molecule has 1 N–H and O–H groups in total. The maximum atomic E-state index is 12.4. The predicted octanol–water partition coefficient (Wildman–Crippen LogP) is 2.39. The molecule has 33 heavy (non-hydrogen) atoms. The van der Waals surface area contributed by atoms with Crippen molar-refractivity contribution in [3.63, 3.8) is 0 Å². The second-order valence-electron chi connectivity index (χ2n) is 8.10. The van der Waals surface area contributed by atoms with Crippen molar-refractivity contribution >= 4 is 21.6 Å². The van der Waals surface area contributed by atoms with E-state index >= 15 is 0 Å². The van der Waals surface area contributed by atoms with Crippen LogP contribution < -0.4 is 14.4 Å². The van der Waals surface area contributed by atoms with E-state index in [1.807, 2.05) is 12.1 Å². The number of carbonyl (C=O) groups is 1. The van der Waals surface area contributed by atoms with Gasteiger partial charge in [0.05, 0.1) is 32.3 Å². The fourth-order valence-corrected chi connectivity index (χ4v) is 4.80. The molecule has 1 aliphatic heterocycles. The number of anilines is 1. The standard InChI is InChI=1S/C24H33N3O5S/c1-31-23-10-4-3-9-22(23)27(33(2,29)30)12-6-11-24(28)25-18-20-7-5-8-21(17-20)19-26-13-15-32-16-14-26/h3-5,7-10,17H,6,11-16,18-19H2,1-2H3,(H,25,28). The van der Waals surface area contributed by atoms with Crippen LogP contribution in [0.1, 0.15) is 24.0 Å². The highest BCUT2D eigenvalue weighted by atomic mass is 32.2. The molecule has 1 fully saturated rings. The molecular formula is C24H33N3O5S. The minimum absolute atomic E-state index is 0.109. The van der Waals surface area contributed by atoms with Crippen molar-refractivity contribution in [3.05, 3.63) is 59.7 Å². The zero-order chi connectivity index (χ0) is 23.7. The molecule has 8 nitrogen and oxygen atoms in total. The highest BCUT2D eigenvalue weighted by Crippen LogP contribution is 2.29. The number of sulfonamides is 1. The summed E-state index contributed by atoms with van der Waals surface area (Å²) in [6, 6.07) is 15.2. The molecule has 2 aromatic rings. The van der Waals surface area contributed by atoms with Gasteiger partial charge in [-0.05, 0) is 29.7 Å². The molecule has 0 atom stereocenters. The van der Waals surface area contributed by atoms with Crippen molar-refractivity contribution in [2.24, 2.45) is 0 Å². The van der Waals surface area contributed by atoms with E-state index < -0.39 is 10.0 Å². The van der Waals surface area contributed by atoms with Gasteiger partial charge >= 0.3 is 0 Å². The van der Waals surface area contributed by atoms with Gasteiger partial charge in [-0.1, -0.05) is 36.4 Å². The zero-order valence-corrected chi connectivity index (χ0v) is 20.1. The fourth-order valence-electron chi connectivity index (χ4n) is 3.83. The number of hydrogen-bond donors (Lipinski definition) is 1. The lowest BCUT2D eigenvalue weighted by molar-refractivity contribution is -0.121. The van der Waals surface area contributed by atoms with Crippen LogP contribution >= 0.6 is 0 Å². The number of benzene rings is 2. The van der Waals surface area contributed by atoms with Gasteiger partial charge in [-0.25, -0.2) is 8.42 Å². The van der Waals surface area contributed by atoms with Crippen LogP contribution in [-0.2, 0) is 32.6 Å². The second kappa shape index (κ2) is 12.0. The molecule has 0 spiro atoms. The molecular weight excluding hydrogens is 442 g/mol.